The van der Waals surface area contributed by atoms with Gasteiger partial charge in [0.1, 0.15) is 0 Å². The molecule has 0 radical (unpaired) electrons. The summed E-state index contributed by atoms with van der Waals surface area (Å²) in [7, 11) is 0. The van der Waals surface area contributed by atoms with Crippen molar-refractivity contribution in [1.82, 2.24) is 4.57 Å². The van der Waals surface area contributed by atoms with Crippen LogP contribution < -0.4 is 0 Å². The molecule has 1 heterocycles. The molecule has 16 heavy (non-hydrogen) atoms. The van der Waals surface area contributed by atoms with Crippen LogP contribution in [0.4, 0.5) is 0 Å². The third-order valence-electron chi connectivity index (χ3n) is 3.12. The van der Waals surface area contributed by atoms with E-state index in [1.807, 2.05) is 0 Å². The second-order valence-electron chi connectivity index (χ2n) is 4.07. The molecule has 0 spiro atoms. The first-order valence-electron chi connectivity index (χ1n) is 5.21. The molecule has 2 N–H and O–H groups in total. The highest BCUT2D eigenvalue weighted by atomic mass is 32.1. The number of nitrogens with zero attached hydrogens (tertiary/aromatic N) is 1. The number of carboxylic acid groups (broad SMARTS) is 1. The van der Waals surface area contributed by atoms with Crippen LogP contribution in [0.5, 0.6) is 5.88 Å². The van der Waals surface area contributed by atoms with Gasteiger partial charge in [-0.2, -0.15) is 0 Å². The third-order valence-corrected chi connectivity index (χ3v) is 4.33. The Labute approximate surface area is 102 Å². The Kier molecular flexibility index (Phi) is 3.30. The Balaban J connectivity index is 2.10. The van der Waals surface area contributed by atoms with Gasteiger partial charge in [-0.3, -0.25) is 9.36 Å². The highest BCUT2D eigenvalue weighted by Gasteiger charge is 2.27. The molecule has 1 saturated carbocycles. The number of hydrogen-bond acceptors (Lipinski definition) is 4. The van der Waals surface area contributed by atoms with Crippen LogP contribution in [0.25, 0.3) is 0 Å². The fourth-order valence-corrected chi connectivity index (χ4v) is 3.29. The Morgan fingerprint density at radius 3 is 2.50 bits per heavy atom. The van der Waals surface area contributed by atoms with Crippen molar-refractivity contribution in [3.05, 3.63) is 9.33 Å². The summed E-state index contributed by atoms with van der Waals surface area (Å²) in [5, 5.41) is 20.2. The molecule has 0 bridgehead atoms. The Bertz CT molecular complexity index is 443. The lowest BCUT2D eigenvalue weighted by molar-refractivity contribution is -0.143. The molecule has 0 aromatic carbocycles. The van der Waals surface area contributed by atoms with Crippen LogP contribution in [0.2, 0.25) is 0 Å². The van der Waals surface area contributed by atoms with Gasteiger partial charge in [0.05, 0.1) is 11.3 Å². The quantitative estimate of drug-likeness (QED) is 0.802. The minimum Gasteiger partial charge on any atom is -0.494 e. The van der Waals surface area contributed by atoms with Crippen LogP contribution in [-0.2, 0) is 4.79 Å². The molecule has 6 heteroatoms. The number of aliphatic carboxylic acids is 1. The zero-order valence-corrected chi connectivity index (χ0v) is 10.3. The second-order valence-corrected chi connectivity index (χ2v) is 5.58. The van der Waals surface area contributed by atoms with Gasteiger partial charge >= 0.3 is 5.97 Å². The van der Waals surface area contributed by atoms with Crippen molar-refractivity contribution in [2.45, 2.75) is 31.7 Å². The molecular formula is C10H13NO3S2. The number of rotatable bonds is 2. The van der Waals surface area contributed by atoms with E-state index in [1.165, 1.54) is 11.3 Å². The van der Waals surface area contributed by atoms with Gasteiger partial charge in [0, 0.05) is 6.04 Å². The molecule has 0 atom stereocenters. The van der Waals surface area contributed by atoms with Gasteiger partial charge < -0.3 is 10.2 Å². The average molecular weight is 259 g/mol. The smallest absolute Gasteiger partial charge is 0.306 e. The van der Waals surface area contributed by atoms with Crippen LogP contribution in [0.3, 0.4) is 0 Å². The van der Waals surface area contributed by atoms with Crippen molar-refractivity contribution in [2.24, 2.45) is 5.92 Å². The monoisotopic (exact) mass is 259 g/mol. The topological polar surface area (TPSA) is 62.5 Å². The van der Waals surface area contributed by atoms with E-state index >= 15 is 0 Å². The second kappa shape index (κ2) is 4.55. The molecule has 1 aromatic rings. The van der Waals surface area contributed by atoms with Crippen molar-refractivity contribution >= 4 is 29.5 Å². The maximum atomic E-state index is 10.8. The molecule has 88 valence electrons. The van der Waals surface area contributed by atoms with E-state index in [2.05, 4.69) is 0 Å². The Morgan fingerprint density at radius 2 is 2.06 bits per heavy atom. The van der Waals surface area contributed by atoms with Crippen LogP contribution in [0.15, 0.2) is 5.38 Å². The van der Waals surface area contributed by atoms with Gasteiger partial charge in [0.25, 0.3) is 0 Å². The minimum absolute atomic E-state index is 0.161. The molecule has 1 aromatic heterocycles. The number of hydrogen-bond donors (Lipinski definition) is 2. The van der Waals surface area contributed by atoms with E-state index in [4.69, 9.17) is 17.3 Å². The Hall–Kier alpha value is -0.880. The number of thiazole rings is 1. The lowest BCUT2D eigenvalue weighted by Gasteiger charge is -2.27. The maximum absolute atomic E-state index is 10.8. The summed E-state index contributed by atoms with van der Waals surface area (Å²) >= 11 is 6.48. The summed E-state index contributed by atoms with van der Waals surface area (Å²) in [6.45, 7) is 0. The molecule has 0 unspecified atom stereocenters. The van der Waals surface area contributed by atoms with Gasteiger partial charge in [-0.15, -0.1) is 11.3 Å². The van der Waals surface area contributed by atoms with Crippen molar-refractivity contribution in [1.29, 1.82) is 0 Å². The van der Waals surface area contributed by atoms with Crippen LogP contribution in [-0.4, -0.2) is 20.7 Å². The zero-order valence-electron chi connectivity index (χ0n) is 8.63. The molecule has 2 rings (SSSR count). The van der Waals surface area contributed by atoms with Gasteiger partial charge in [-0.25, -0.2) is 0 Å². The molecule has 1 aliphatic rings. The summed E-state index contributed by atoms with van der Waals surface area (Å²) in [4.78, 5) is 10.8. The average Bonchev–Trinajstić information content (AvgIpc) is 2.59. The number of carboxylic acids is 1. The summed E-state index contributed by atoms with van der Waals surface area (Å²) in [6.07, 6.45) is 2.87. The molecule has 1 aliphatic carbocycles. The highest BCUT2D eigenvalue weighted by Crippen LogP contribution is 2.36. The van der Waals surface area contributed by atoms with Crippen LogP contribution in [0, 0.1) is 9.87 Å². The Morgan fingerprint density at radius 1 is 1.44 bits per heavy atom. The lowest BCUT2D eigenvalue weighted by atomic mass is 9.86. The van der Waals surface area contributed by atoms with Crippen LogP contribution >= 0.6 is 23.6 Å². The third kappa shape index (κ3) is 2.12. The maximum Gasteiger partial charge on any atom is 0.306 e. The molecule has 0 saturated heterocycles. The van der Waals surface area contributed by atoms with Gasteiger partial charge in [0.15, 0.2) is 3.95 Å². The van der Waals surface area contributed by atoms with Crippen LogP contribution in [0.1, 0.15) is 31.7 Å². The largest absolute Gasteiger partial charge is 0.494 e. The van der Waals surface area contributed by atoms with Crippen molar-refractivity contribution in [2.75, 3.05) is 0 Å². The number of aromatic nitrogens is 1. The molecular weight excluding hydrogens is 246 g/mol. The fourth-order valence-electron chi connectivity index (χ4n) is 2.23. The molecule has 4 nitrogen and oxygen atoms in total. The minimum atomic E-state index is -0.711. The number of aromatic hydroxyl groups is 1. The lowest BCUT2D eigenvalue weighted by Crippen LogP contribution is -2.23. The SMILES string of the molecule is O=C(O)C1CCC(n2c(O)csc2=S)CC1. The number of carbonyl (C=O) groups is 1. The van der Waals surface area contributed by atoms with E-state index in [9.17, 15) is 9.90 Å². The van der Waals surface area contributed by atoms with E-state index in [0.29, 0.717) is 16.8 Å². The first-order valence-corrected chi connectivity index (χ1v) is 6.50. The fraction of sp³-hybridized carbons (Fsp3) is 0.600. The summed E-state index contributed by atoms with van der Waals surface area (Å²) < 4.78 is 2.41. The molecule has 0 aliphatic heterocycles. The van der Waals surface area contributed by atoms with E-state index in [1.54, 1.807) is 9.95 Å². The van der Waals surface area contributed by atoms with Crippen molar-refractivity contribution in [3.63, 3.8) is 0 Å². The van der Waals surface area contributed by atoms with Gasteiger partial charge in [0.2, 0.25) is 5.88 Å². The van der Waals surface area contributed by atoms with Crippen molar-refractivity contribution < 1.29 is 15.0 Å². The zero-order chi connectivity index (χ0) is 11.7. The molecule has 1 fully saturated rings. The van der Waals surface area contributed by atoms with Gasteiger partial charge in [-0.1, -0.05) is 0 Å². The predicted octanol–water partition coefficient (Wildman–Crippen LogP) is 2.80. The summed E-state index contributed by atoms with van der Waals surface area (Å²) in [5.41, 5.74) is 0. The normalized spacial score (nSPS) is 25.5. The highest BCUT2D eigenvalue weighted by molar-refractivity contribution is 7.73. The summed E-state index contributed by atoms with van der Waals surface area (Å²) in [6, 6.07) is 0.161. The van der Waals surface area contributed by atoms with Crippen molar-refractivity contribution in [3.8, 4) is 5.88 Å². The standard InChI is InChI=1S/C10H13NO3S2/c12-8-5-16-10(15)11(8)7-3-1-6(2-4-7)9(13)14/h5-7,12H,1-4H2,(H,13,14). The molecule has 0 amide bonds. The van der Waals surface area contributed by atoms with E-state index < -0.39 is 5.97 Å². The summed E-state index contributed by atoms with van der Waals surface area (Å²) in [5.74, 6) is -0.739. The van der Waals surface area contributed by atoms with E-state index in [0.717, 1.165) is 12.8 Å². The predicted molar refractivity (Wildman–Crippen MR) is 63.4 cm³/mol. The van der Waals surface area contributed by atoms with E-state index in [-0.39, 0.29) is 17.8 Å². The van der Waals surface area contributed by atoms with Gasteiger partial charge in [-0.05, 0) is 37.9 Å². The first kappa shape index (κ1) is 11.6. The first-order chi connectivity index (χ1) is 7.59.